The number of aromatic nitrogens is 1. The number of nitrogens with one attached hydrogen (secondary N) is 2. The first kappa shape index (κ1) is 20.5. The molecule has 1 heterocycles. The van der Waals surface area contributed by atoms with E-state index in [1.54, 1.807) is 7.11 Å². The third kappa shape index (κ3) is 5.87. The van der Waals surface area contributed by atoms with E-state index in [1.807, 2.05) is 60.0 Å². The van der Waals surface area contributed by atoms with E-state index in [4.69, 9.17) is 9.84 Å². The number of hydrogen-bond acceptors (Lipinski definition) is 6. The average molecular weight is 411 g/mol. The minimum atomic E-state index is -1.05. The molecule has 0 spiro atoms. The molecule has 3 N–H and O–H groups in total. The van der Waals surface area contributed by atoms with Crippen LogP contribution in [0.25, 0.3) is 11.3 Å². The van der Waals surface area contributed by atoms with Crippen LogP contribution in [0.5, 0.6) is 5.75 Å². The van der Waals surface area contributed by atoms with Crippen molar-refractivity contribution in [3.8, 4) is 17.0 Å². The van der Waals surface area contributed by atoms with Gasteiger partial charge in [0, 0.05) is 17.5 Å². The van der Waals surface area contributed by atoms with Gasteiger partial charge in [0.05, 0.1) is 25.3 Å². The highest BCUT2D eigenvalue weighted by molar-refractivity contribution is 7.14. The molecule has 1 aromatic heterocycles. The molecular formula is C21H21N3O4S. The smallest absolute Gasteiger partial charge is 0.305 e. The molecular weight excluding hydrogens is 390 g/mol. The van der Waals surface area contributed by atoms with E-state index >= 15 is 0 Å². The van der Waals surface area contributed by atoms with Crippen LogP contribution in [0, 0.1) is 0 Å². The van der Waals surface area contributed by atoms with Crippen LogP contribution in [0.4, 0.5) is 5.13 Å². The number of carbonyl (C=O) groups is 2. The van der Waals surface area contributed by atoms with E-state index in [9.17, 15) is 9.59 Å². The zero-order valence-corrected chi connectivity index (χ0v) is 16.6. The van der Waals surface area contributed by atoms with Crippen molar-refractivity contribution in [2.75, 3.05) is 12.4 Å². The lowest BCUT2D eigenvalue weighted by Crippen LogP contribution is -2.41. The lowest BCUT2D eigenvalue weighted by atomic mass is 10.1. The first-order valence-corrected chi connectivity index (χ1v) is 9.83. The largest absolute Gasteiger partial charge is 0.497 e. The third-order valence-electron chi connectivity index (χ3n) is 4.21. The summed E-state index contributed by atoms with van der Waals surface area (Å²) >= 11 is 1.28. The zero-order chi connectivity index (χ0) is 20.6. The van der Waals surface area contributed by atoms with Crippen LogP contribution in [0.2, 0.25) is 0 Å². The van der Waals surface area contributed by atoms with Gasteiger partial charge in [-0.3, -0.25) is 9.59 Å². The molecule has 150 valence electrons. The lowest BCUT2D eigenvalue weighted by molar-refractivity contribution is -0.139. The topological polar surface area (TPSA) is 101 Å². The van der Waals surface area contributed by atoms with Gasteiger partial charge in [-0.2, -0.15) is 0 Å². The standard InChI is InChI=1S/C21H21N3O4S/c1-28-16-9-7-15(8-10-16)18-13-29-21(23-18)24-20(27)17(11-19(25)26)22-12-14-5-3-2-4-6-14/h2-10,13,17,22H,11-12H2,1H3,(H,25,26)(H,23,24,27)/t17-/m0/s1. The van der Waals surface area contributed by atoms with E-state index in [2.05, 4.69) is 15.6 Å². The molecule has 3 aromatic rings. The Bertz CT molecular complexity index is 958. The number of thiazole rings is 1. The summed E-state index contributed by atoms with van der Waals surface area (Å²) in [5.41, 5.74) is 2.58. The number of benzene rings is 2. The summed E-state index contributed by atoms with van der Waals surface area (Å²) in [5, 5.41) is 17.1. The first-order valence-electron chi connectivity index (χ1n) is 8.95. The van der Waals surface area contributed by atoms with Gasteiger partial charge < -0.3 is 20.5 Å². The highest BCUT2D eigenvalue weighted by Gasteiger charge is 2.22. The fourth-order valence-electron chi connectivity index (χ4n) is 2.69. The number of carboxylic acid groups (broad SMARTS) is 1. The summed E-state index contributed by atoms with van der Waals surface area (Å²) in [4.78, 5) is 28.2. The van der Waals surface area contributed by atoms with Crippen LogP contribution in [0.1, 0.15) is 12.0 Å². The average Bonchev–Trinajstić information content (AvgIpc) is 3.20. The molecule has 0 bridgehead atoms. The molecule has 0 unspecified atom stereocenters. The van der Waals surface area contributed by atoms with Crippen LogP contribution < -0.4 is 15.4 Å². The molecule has 3 rings (SSSR count). The Labute approximate surface area is 172 Å². The predicted octanol–water partition coefficient (Wildman–Crippen LogP) is 3.39. The highest BCUT2D eigenvalue weighted by Crippen LogP contribution is 2.26. The van der Waals surface area contributed by atoms with Gasteiger partial charge in [0.15, 0.2) is 5.13 Å². The molecule has 29 heavy (non-hydrogen) atoms. The Hall–Kier alpha value is -3.23. The molecule has 1 atom stereocenters. The van der Waals surface area contributed by atoms with Crippen LogP contribution in [-0.4, -0.2) is 35.1 Å². The summed E-state index contributed by atoms with van der Waals surface area (Å²) < 4.78 is 5.15. The van der Waals surface area contributed by atoms with Crippen LogP contribution in [0.15, 0.2) is 60.0 Å². The number of ether oxygens (including phenoxy) is 1. The molecule has 0 radical (unpaired) electrons. The molecule has 0 aliphatic carbocycles. The highest BCUT2D eigenvalue weighted by atomic mass is 32.1. The van der Waals surface area contributed by atoms with Crippen molar-refractivity contribution in [3.63, 3.8) is 0 Å². The Morgan fingerprint density at radius 1 is 1.14 bits per heavy atom. The number of amides is 1. The summed E-state index contributed by atoms with van der Waals surface area (Å²) in [5.74, 6) is -0.735. The lowest BCUT2D eigenvalue weighted by Gasteiger charge is -2.16. The molecule has 8 heteroatoms. The van der Waals surface area contributed by atoms with Crippen LogP contribution in [0.3, 0.4) is 0 Å². The second-order valence-corrected chi connectivity index (χ2v) is 7.13. The number of carboxylic acids is 1. The molecule has 0 saturated heterocycles. The molecule has 0 aliphatic heterocycles. The molecule has 1 amide bonds. The SMILES string of the molecule is COc1ccc(-c2csc(NC(=O)[C@H](CC(=O)O)NCc3ccccc3)n2)cc1. The number of carbonyl (C=O) groups excluding carboxylic acids is 1. The van der Waals surface area contributed by atoms with Crippen molar-refractivity contribution in [1.29, 1.82) is 0 Å². The molecule has 0 saturated carbocycles. The molecule has 2 aromatic carbocycles. The maximum absolute atomic E-state index is 12.6. The summed E-state index contributed by atoms with van der Waals surface area (Å²) in [6.45, 7) is 0.390. The maximum atomic E-state index is 12.6. The quantitative estimate of drug-likeness (QED) is 0.499. The fourth-order valence-corrected chi connectivity index (χ4v) is 3.41. The zero-order valence-electron chi connectivity index (χ0n) is 15.8. The Balaban J connectivity index is 1.65. The Morgan fingerprint density at radius 2 is 1.86 bits per heavy atom. The van der Waals surface area contributed by atoms with E-state index in [1.165, 1.54) is 11.3 Å². The van der Waals surface area contributed by atoms with Gasteiger partial charge in [0.1, 0.15) is 5.75 Å². The van der Waals surface area contributed by atoms with Gasteiger partial charge in [-0.25, -0.2) is 4.98 Å². The number of methoxy groups -OCH3 is 1. The number of aliphatic carboxylic acids is 1. The van der Waals surface area contributed by atoms with Crippen LogP contribution in [-0.2, 0) is 16.1 Å². The monoisotopic (exact) mass is 411 g/mol. The van der Waals surface area contributed by atoms with Crippen molar-refractivity contribution in [1.82, 2.24) is 10.3 Å². The fraction of sp³-hybridized carbons (Fsp3) is 0.190. The first-order chi connectivity index (χ1) is 14.0. The summed E-state index contributed by atoms with van der Waals surface area (Å²) in [6.07, 6.45) is -0.324. The van der Waals surface area contributed by atoms with Crippen molar-refractivity contribution in [2.24, 2.45) is 0 Å². The minimum absolute atomic E-state index is 0.324. The molecule has 0 aliphatic rings. The number of rotatable bonds is 9. The number of anilines is 1. The summed E-state index contributed by atoms with van der Waals surface area (Å²) in [7, 11) is 1.60. The van der Waals surface area contributed by atoms with E-state index in [0.717, 1.165) is 22.6 Å². The Morgan fingerprint density at radius 3 is 2.52 bits per heavy atom. The maximum Gasteiger partial charge on any atom is 0.305 e. The molecule has 0 fully saturated rings. The van der Waals surface area contributed by atoms with Crippen molar-refractivity contribution in [3.05, 3.63) is 65.5 Å². The predicted molar refractivity (Wildman–Crippen MR) is 112 cm³/mol. The van der Waals surface area contributed by atoms with Gasteiger partial charge in [-0.1, -0.05) is 30.3 Å². The Kier molecular flexibility index (Phi) is 6.94. The van der Waals surface area contributed by atoms with Gasteiger partial charge in [-0.15, -0.1) is 11.3 Å². The number of nitrogens with zero attached hydrogens (tertiary/aromatic N) is 1. The number of hydrogen-bond donors (Lipinski definition) is 3. The van der Waals surface area contributed by atoms with Crippen molar-refractivity contribution < 1.29 is 19.4 Å². The van der Waals surface area contributed by atoms with E-state index in [0.29, 0.717) is 11.7 Å². The van der Waals surface area contributed by atoms with Gasteiger partial charge in [0.2, 0.25) is 5.91 Å². The van der Waals surface area contributed by atoms with Gasteiger partial charge in [-0.05, 0) is 29.8 Å². The second kappa shape index (κ2) is 9.81. The van der Waals surface area contributed by atoms with Gasteiger partial charge >= 0.3 is 5.97 Å². The summed E-state index contributed by atoms with van der Waals surface area (Å²) in [6, 6.07) is 16.1. The second-order valence-electron chi connectivity index (χ2n) is 6.27. The van der Waals surface area contributed by atoms with E-state index in [-0.39, 0.29) is 6.42 Å². The van der Waals surface area contributed by atoms with E-state index < -0.39 is 17.9 Å². The van der Waals surface area contributed by atoms with Gasteiger partial charge in [0.25, 0.3) is 0 Å². The van der Waals surface area contributed by atoms with Crippen molar-refractivity contribution >= 4 is 28.3 Å². The minimum Gasteiger partial charge on any atom is -0.497 e. The third-order valence-corrected chi connectivity index (χ3v) is 4.97. The normalized spacial score (nSPS) is 11.6. The van der Waals surface area contributed by atoms with Crippen molar-refractivity contribution in [2.45, 2.75) is 19.0 Å². The van der Waals surface area contributed by atoms with Crippen LogP contribution >= 0.6 is 11.3 Å². The molecule has 7 nitrogen and oxygen atoms in total.